The number of nitrogens with one attached hydrogen (secondary N) is 1. The first-order valence-corrected chi connectivity index (χ1v) is 6.89. The number of nitrogens with zero attached hydrogens (tertiary/aromatic N) is 4. The quantitative estimate of drug-likeness (QED) is 0.780. The van der Waals surface area contributed by atoms with Crippen LogP contribution in [0.1, 0.15) is 18.2 Å². The molecular weight excluding hydrogens is 269 g/mol. The molecule has 0 atom stereocenters. The van der Waals surface area contributed by atoms with Crippen molar-refractivity contribution >= 4 is 10.9 Å². The molecule has 2 aromatic heterocycles. The molecule has 0 fully saturated rings. The molecular formula is C15H16FN5. The number of fused-ring (bicyclic) bond motifs is 1. The standard InChI is InChI=1S/C15H16FN5/c1-2-17-8-12-10-21(20-19-12)9-11-5-6-14(16)13-4-3-7-18-15(11)13/h3-7,10,17H,2,8-9H2,1H3. The van der Waals surface area contributed by atoms with Gasteiger partial charge in [0.2, 0.25) is 0 Å². The summed E-state index contributed by atoms with van der Waals surface area (Å²) in [6, 6.07) is 6.68. The normalized spacial score (nSPS) is 11.1. The average Bonchev–Trinajstić information content (AvgIpc) is 2.96. The fourth-order valence-corrected chi connectivity index (χ4v) is 2.25. The van der Waals surface area contributed by atoms with Crippen LogP contribution in [0, 0.1) is 5.82 Å². The molecule has 0 unspecified atom stereocenters. The predicted octanol–water partition coefficient (Wildman–Crippen LogP) is 2.12. The molecule has 1 N–H and O–H groups in total. The van der Waals surface area contributed by atoms with E-state index in [1.807, 2.05) is 13.1 Å². The molecule has 0 radical (unpaired) electrons. The van der Waals surface area contributed by atoms with Crippen molar-refractivity contribution < 1.29 is 4.39 Å². The molecule has 1 aromatic carbocycles. The molecule has 0 aliphatic heterocycles. The lowest BCUT2D eigenvalue weighted by Gasteiger charge is -2.06. The van der Waals surface area contributed by atoms with Gasteiger partial charge in [0.1, 0.15) is 5.82 Å². The third-order valence-electron chi connectivity index (χ3n) is 3.27. The Balaban J connectivity index is 1.88. The van der Waals surface area contributed by atoms with Gasteiger partial charge in [0, 0.05) is 23.7 Å². The van der Waals surface area contributed by atoms with Crippen LogP contribution in [0.15, 0.2) is 36.7 Å². The molecule has 0 aliphatic rings. The van der Waals surface area contributed by atoms with E-state index < -0.39 is 0 Å². The summed E-state index contributed by atoms with van der Waals surface area (Å²) in [7, 11) is 0. The van der Waals surface area contributed by atoms with E-state index in [1.54, 1.807) is 29.1 Å². The Kier molecular flexibility index (Phi) is 3.87. The van der Waals surface area contributed by atoms with Gasteiger partial charge in [0.25, 0.3) is 0 Å². The van der Waals surface area contributed by atoms with Crippen molar-refractivity contribution in [2.24, 2.45) is 0 Å². The molecule has 0 amide bonds. The van der Waals surface area contributed by atoms with Crippen molar-refractivity contribution in [3.05, 3.63) is 53.7 Å². The summed E-state index contributed by atoms with van der Waals surface area (Å²) in [4.78, 5) is 4.28. The van der Waals surface area contributed by atoms with Gasteiger partial charge in [-0.05, 0) is 24.7 Å². The summed E-state index contributed by atoms with van der Waals surface area (Å²) < 4.78 is 15.5. The summed E-state index contributed by atoms with van der Waals surface area (Å²) in [6.45, 7) is 4.14. The zero-order valence-corrected chi connectivity index (χ0v) is 11.8. The first-order valence-electron chi connectivity index (χ1n) is 6.89. The number of halogens is 1. The smallest absolute Gasteiger partial charge is 0.132 e. The van der Waals surface area contributed by atoms with E-state index in [0.717, 1.165) is 17.8 Å². The van der Waals surface area contributed by atoms with Crippen molar-refractivity contribution in [2.45, 2.75) is 20.0 Å². The lowest BCUT2D eigenvalue weighted by Crippen LogP contribution is -2.11. The lowest BCUT2D eigenvalue weighted by molar-refractivity contribution is 0.633. The van der Waals surface area contributed by atoms with Gasteiger partial charge >= 0.3 is 0 Å². The van der Waals surface area contributed by atoms with Crippen molar-refractivity contribution in [1.29, 1.82) is 0 Å². The number of pyridine rings is 1. The number of rotatable bonds is 5. The minimum Gasteiger partial charge on any atom is -0.311 e. The Hall–Kier alpha value is -2.34. The molecule has 108 valence electrons. The Labute approximate surface area is 121 Å². The van der Waals surface area contributed by atoms with Crippen LogP contribution in [-0.2, 0) is 13.1 Å². The lowest BCUT2D eigenvalue weighted by atomic mass is 10.1. The van der Waals surface area contributed by atoms with Crippen LogP contribution >= 0.6 is 0 Å². The summed E-state index contributed by atoms with van der Waals surface area (Å²) in [5, 5.41) is 11.9. The summed E-state index contributed by atoms with van der Waals surface area (Å²) >= 11 is 0. The van der Waals surface area contributed by atoms with Gasteiger partial charge in [-0.25, -0.2) is 9.07 Å². The maximum atomic E-state index is 13.8. The SMILES string of the molecule is CCNCc1cn(Cc2ccc(F)c3cccnc23)nn1. The number of hydrogen-bond donors (Lipinski definition) is 1. The minimum absolute atomic E-state index is 0.256. The summed E-state index contributed by atoms with van der Waals surface area (Å²) in [6.07, 6.45) is 3.56. The van der Waals surface area contributed by atoms with E-state index in [4.69, 9.17) is 0 Å². The van der Waals surface area contributed by atoms with Crippen LogP contribution < -0.4 is 5.32 Å². The first kappa shape index (κ1) is 13.6. The largest absolute Gasteiger partial charge is 0.311 e. The van der Waals surface area contributed by atoms with Gasteiger partial charge in [-0.3, -0.25) is 4.98 Å². The molecule has 0 saturated heterocycles. The van der Waals surface area contributed by atoms with Crippen molar-refractivity contribution in [2.75, 3.05) is 6.54 Å². The molecule has 2 heterocycles. The van der Waals surface area contributed by atoms with Crippen molar-refractivity contribution in [3.63, 3.8) is 0 Å². The van der Waals surface area contributed by atoms with Crippen LogP contribution in [0.4, 0.5) is 4.39 Å². The Morgan fingerprint density at radius 1 is 1.29 bits per heavy atom. The Bertz CT molecular complexity index is 753. The van der Waals surface area contributed by atoms with Crippen molar-refractivity contribution in [3.8, 4) is 0 Å². The monoisotopic (exact) mass is 285 g/mol. The highest BCUT2D eigenvalue weighted by atomic mass is 19.1. The number of benzene rings is 1. The van der Waals surface area contributed by atoms with Gasteiger partial charge in [0.05, 0.1) is 24.0 Å². The van der Waals surface area contributed by atoms with Gasteiger partial charge in [-0.2, -0.15) is 0 Å². The molecule has 0 bridgehead atoms. The molecule has 0 spiro atoms. The third-order valence-corrected chi connectivity index (χ3v) is 3.27. The van der Waals surface area contributed by atoms with E-state index >= 15 is 0 Å². The predicted molar refractivity (Wildman–Crippen MR) is 78.2 cm³/mol. The maximum Gasteiger partial charge on any atom is 0.132 e. The maximum absolute atomic E-state index is 13.8. The molecule has 0 saturated carbocycles. The average molecular weight is 285 g/mol. The fourth-order valence-electron chi connectivity index (χ4n) is 2.25. The minimum atomic E-state index is -0.256. The van der Waals surface area contributed by atoms with E-state index in [9.17, 15) is 4.39 Å². The van der Waals surface area contributed by atoms with Gasteiger partial charge in [-0.1, -0.05) is 18.2 Å². The van der Waals surface area contributed by atoms with Gasteiger partial charge in [-0.15, -0.1) is 5.10 Å². The van der Waals surface area contributed by atoms with Gasteiger partial charge < -0.3 is 5.32 Å². The molecule has 6 heteroatoms. The Morgan fingerprint density at radius 3 is 3.05 bits per heavy atom. The van der Waals surface area contributed by atoms with E-state index in [2.05, 4.69) is 20.6 Å². The number of hydrogen-bond acceptors (Lipinski definition) is 4. The Morgan fingerprint density at radius 2 is 2.19 bits per heavy atom. The zero-order chi connectivity index (χ0) is 14.7. The fraction of sp³-hybridized carbons (Fsp3) is 0.267. The second-order valence-corrected chi connectivity index (χ2v) is 4.79. The highest BCUT2D eigenvalue weighted by molar-refractivity contribution is 5.82. The van der Waals surface area contributed by atoms with Crippen LogP contribution in [0.3, 0.4) is 0 Å². The second-order valence-electron chi connectivity index (χ2n) is 4.79. The first-order chi connectivity index (χ1) is 10.3. The second kappa shape index (κ2) is 5.97. The third kappa shape index (κ3) is 2.90. The van der Waals surface area contributed by atoms with Crippen LogP contribution in [0.5, 0.6) is 0 Å². The number of aromatic nitrogens is 4. The van der Waals surface area contributed by atoms with E-state index in [1.165, 1.54) is 6.07 Å². The van der Waals surface area contributed by atoms with Crippen LogP contribution in [0.25, 0.3) is 10.9 Å². The molecule has 21 heavy (non-hydrogen) atoms. The van der Waals surface area contributed by atoms with Crippen LogP contribution in [0.2, 0.25) is 0 Å². The van der Waals surface area contributed by atoms with E-state index in [-0.39, 0.29) is 5.82 Å². The van der Waals surface area contributed by atoms with Crippen LogP contribution in [-0.4, -0.2) is 26.5 Å². The summed E-state index contributed by atoms with van der Waals surface area (Å²) in [5.41, 5.74) is 2.48. The van der Waals surface area contributed by atoms with Gasteiger partial charge in [0.15, 0.2) is 0 Å². The summed E-state index contributed by atoms with van der Waals surface area (Å²) in [5.74, 6) is -0.256. The van der Waals surface area contributed by atoms with E-state index in [0.29, 0.717) is 24.0 Å². The highest BCUT2D eigenvalue weighted by Gasteiger charge is 2.08. The van der Waals surface area contributed by atoms with Crippen molar-refractivity contribution in [1.82, 2.24) is 25.3 Å². The topological polar surface area (TPSA) is 55.6 Å². The highest BCUT2D eigenvalue weighted by Crippen LogP contribution is 2.20. The molecule has 3 rings (SSSR count). The molecule has 5 nitrogen and oxygen atoms in total. The zero-order valence-electron chi connectivity index (χ0n) is 11.8. The molecule has 3 aromatic rings. The molecule has 0 aliphatic carbocycles.